The maximum Gasteiger partial charge on any atom is 0.233 e. The number of amides is 2. The summed E-state index contributed by atoms with van der Waals surface area (Å²) in [7, 11) is 1.82. The Balaban J connectivity index is 2.06. The van der Waals surface area contributed by atoms with Gasteiger partial charge in [0.05, 0.1) is 24.3 Å². The monoisotopic (exact) mass is 293 g/mol. The second-order valence-electron chi connectivity index (χ2n) is 5.88. The summed E-state index contributed by atoms with van der Waals surface area (Å²) in [5.41, 5.74) is -0.0270. The molecule has 6 nitrogen and oxygen atoms in total. The summed E-state index contributed by atoms with van der Waals surface area (Å²) < 4.78 is 1.68. The Labute approximate surface area is 124 Å². The number of hydrogen-bond acceptors (Lipinski definition) is 4. The van der Waals surface area contributed by atoms with Crippen molar-refractivity contribution >= 4 is 11.8 Å². The number of β-amino-alcohol motifs (C(OH)–C–C–N with tert-alkyl or cyclic N) is 1. The van der Waals surface area contributed by atoms with Crippen molar-refractivity contribution in [2.75, 3.05) is 6.54 Å². The summed E-state index contributed by atoms with van der Waals surface area (Å²) in [6.07, 6.45) is 5.36. The van der Waals surface area contributed by atoms with Crippen molar-refractivity contribution in [1.82, 2.24) is 14.7 Å². The molecule has 2 heterocycles. The number of aryl methyl sites for hydroxylation is 1. The quantitative estimate of drug-likeness (QED) is 0.790. The molecule has 1 aromatic heterocycles. The van der Waals surface area contributed by atoms with Gasteiger partial charge in [0.2, 0.25) is 11.8 Å². The summed E-state index contributed by atoms with van der Waals surface area (Å²) in [5.74, 6) is -0.696. The standard InChI is InChI=1S/C15H23N3O3/c1-4-15(21,5-2)10-18-13(19)7-12(14(18)20)6-11-8-16-17(3)9-11/h8-9,12,21H,4-7,10H2,1-3H3. The molecule has 0 aliphatic carbocycles. The zero-order valence-corrected chi connectivity index (χ0v) is 12.9. The van der Waals surface area contributed by atoms with Gasteiger partial charge in [-0.05, 0) is 24.8 Å². The number of nitrogens with zero attached hydrogens (tertiary/aromatic N) is 3. The minimum Gasteiger partial charge on any atom is -0.388 e. The Hall–Kier alpha value is -1.69. The molecule has 0 radical (unpaired) electrons. The lowest BCUT2D eigenvalue weighted by molar-refractivity contribution is -0.143. The number of aromatic nitrogens is 2. The normalized spacial score (nSPS) is 19.6. The van der Waals surface area contributed by atoms with Gasteiger partial charge in [-0.15, -0.1) is 0 Å². The summed E-state index contributed by atoms with van der Waals surface area (Å²) in [4.78, 5) is 25.7. The van der Waals surface area contributed by atoms with Crippen molar-refractivity contribution in [2.24, 2.45) is 13.0 Å². The molecule has 1 unspecified atom stereocenters. The van der Waals surface area contributed by atoms with E-state index in [2.05, 4.69) is 5.10 Å². The van der Waals surface area contributed by atoms with E-state index in [1.54, 1.807) is 10.9 Å². The number of likely N-dealkylation sites (tertiary alicyclic amines) is 1. The highest BCUT2D eigenvalue weighted by atomic mass is 16.3. The first-order valence-electron chi connectivity index (χ1n) is 7.42. The lowest BCUT2D eigenvalue weighted by Crippen LogP contribution is -2.45. The van der Waals surface area contributed by atoms with Gasteiger partial charge in [-0.2, -0.15) is 5.10 Å². The molecule has 1 aromatic rings. The molecule has 1 fully saturated rings. The summed E-state index contributed by atoms with van der Waals surface area (Å²) in [5, 5.41) is 14.4. The molecule has 6 heteroatoms. The van der Waals surface area contributed by atoms with Crippen LogP contribution in [-0.2, 0) is 23.1 Å². The Morgan fingerprint density at radius 2 is 2.05 bits per heavy atom. The molecule has 1 aliphatic rings. The molecule has 116 valence electrons. The van der Waals surface area contributed by atoms with Crippen molar-refractivity contribution in [3.63, 3.8) is 0 Å². The van der Waals surface area contributed by atoms with E-state index in [0.717, 1.165) is 5.56 Å². The van der Waals surface area contributed by atoms with E-state index in [-0.39, 0.29) is 30.7 Å². The molecule has 1 saturated heterocycles. The molecule has 1 aliphatic heterocycles. The van der Waals surface area contributed by atoms with Crippen molar-refractivity contribution in [1.29, 1.82) is 0 Å². The first kappa shape index (κ1) is 15.7. The molecule has 0 bridgehead atoms. The lowest BCUT2D eigenvalue weighted by Gasteiger charge is -2.29. The fraction of sp³-hybridized carbons (Fsp3) is 0.667. The van der Waals surface area contributed by atoms with Gasteiger partial charge in [0.1, 0.15) is 0 Å². The first-order chi connectivity index (χ1) is 9.88. The molecule has 2 amide bonds. The first-order valence-corrected chi connectivity index (χ1v) is 7.42. The van der Waals surface area contributed by atoms with Crippen LogP contribution in [0.25, 0.3) is 0 Å². The van der Waals surface area contributed by atoms with E-state index in [9.17, 15) is 14.7 Å². The van der Waals surface area contributed by atoms with Crippen LogP contribution in [0.1, 0.15) is 38.7 Å². The highest BCUT2D eigenvalue weighted by Crippen LogP contribution is 2.27. The number of imide groups is 1. The molecule has 21 heavy (non-hydrogen) atoms. The molecule has 2 rings (SSSR count). The number of carbonyl (C=O) groups is 2. The van der Waals surface area contributed by atoms with Crippen molar-refractivity contribution in [3.8, 4) is 0 Å². The highest BCUT2D eigenvalue weighted by Gasteiger charge is 2.41. The summed E-state index contributed by atoms with van der Waals surface area (Å²) >= 11 is 0. The van der Waals surface area contributed by atoms with Crippen molar-refractivity contribution < 1.29 is 14.7 Å². The van der Waals surface area contributed by atoms with Crippen LogP contribution in [0.2, 0.25) is 0 Å². The van der Waals surface area contributed by atoms with Gasteiger partial charge in [-0.1, -0.05) is 13.8 Å². The van der Waals surface area contributed by atoms with E-state index in [1.165, 1.54) is 4.90 Å². The smallest absolute Gasteiger partial charge is 0.233 e. The predicted molar refractivity (Wildman–Crippen MR) is 77.3 cm³/mol. The molecule has 1 N–H and O–H groups in total. The van der Waals surface area contributed by atoms with E-state index in [1.807, 2.05) is 27.1 Å². The van der Waals surface area contributed by atoms with Crippen LogP contribution >= 0.6 is 0 Å². The second kappa shape index (κ2) is 5.97. The van der Waals surface area contributed by atoms with E-state index in [0.29, 0.717) is 19.3 Å². The Morgan fingerprint density at radius 3 is 2.57 bits per heavy atom. The fourth-order valence-electron chi connectivity index (χ4n) is 2.71. The van der Waals surface area contributed by atoms with Gasteiger partial charge in [0, 0.05) is 19.7 Å². The van der Waals surface area contributed by atoms with Gasteiger partial charge in [-0.3, -0.25) is 19.2 Å². The number of rotatable bonds is 6. The van der Waals surface area contributed by atoms with Gasteiger partial charge in [-0.25, -0.2) is 0 Å². The molecule has 0 spiro atoms. The maximum atomic E-state index is 12.4. The van der Waals surface area contributed by atoms with E-state index >= 15 is 0 Å². The van der Waals surface area contributed by atoms with E-state index < -0.39 is 5.60 Å². The number of aliphatic hydroxyl groups is 1. The van der Waals surface area contributed by atoms with Gasteiger partial charge >= 0.3 is 0 Å². The van der Waals surface area contributed by atoms with Crippen molar-refractivity contribution in [3.05, 3.63) is 18.0 Å². The van der Waals surface area contributed by atoms with Crippen LogP contribution in [0.15, 0.2) is 12.4 Å². The third-order valence-electron chi connectivity index (χ3n) is 4.35. The molecule has 0 saturated carbocycles. The van der Waals surface area contributed by atoms with Gasteiger partial charge in [0.15, 0.2) is 0 Å². The Bertz CT molecular complexity index is 534. The maximum absolute atomic E-state index is 12.4. The average Bonchev–Trinajstić information content (AvgIpc) is 2.98. The largest absolute Gasteiger partial charge is 0.388 e. The van der Waals surface area contributed by atoms with Gasteiger partial charge in [0.25, 0.3) is 0 Å². The van der Waals surface area contributed by atoms with Crippen LogP contribution in [0.5, 0.6) is 0 Å². The van der Waals surface area contributed by atoms with Crippen LogP contribution in [0, 0.1) is 5.92 Å². The third-order valence-corrected chi connectivity index (χ3v) is 4.35. The fourth-order valence-corrected chi connectivity index (χ4v) is 2.71. The Kier molecular flexibility index (Phi) is 4.46. The van der Waals surface area contributed by atoms with E-state index in [4.69, 9.17) is 0 Å². The predicted octanol–water partition coefficient (Wildman–Crippen LogP) is 0.889. The minimum atomic E-state index is -0.978. The second-order valence-corrected chi connectivity index (χ2v) is 5.88. The molecular weight excluding hydrogens is 270 g/mol. The summed E-state index contributed by atoms with van der Waals surface area (Å²) in [6, 6.07) is 0. The number of carbonyl (C=O) groups excluding carboxylic acids is 2. The highest BCUT2D eigenvalue weighted by molar-refractivity contribution is 6.03. The molecule has 1 atom stereocenters. The van der Waals surface area contributed by atoms with Crippen LogP contribution in [-0.4, -0.2) is 43.7 Å². The van der Waals surface area contributed by atoms with Crippen LogP contribution in [0.3, 0.4) is 0 Å². The van der Waals surface area contributed by atoms with Crippen LogP contribution in [0.4, 0.5) is 0 Å². The van der Waals surface area contributed by atoms with Gasteiger partial charge < -0.3 is 5.11 Å². The van der Waals surface area contributed by atoms with Crippen LogP contribution < -0.4 is 0 Å². The molecular formula is C15H23N3O3. The molecule has 0 aromatic carbocycles. The van der Waals surface area contributed by atoms with Crippen molar-refractivity contribution in [2.45, 2.75) is 45.1 Å². The third kappa shape index (κ3) is 3.32. The summed E-state index contributed by atoms with van der Waals surface area (Å²) in [6.45, 7) is 3.82. The number of hydrogen-bond donors (Lipinski definition) is 1. The zero-order valence-electron chi connectivity index (χ0n) is 12.9. The minimum absolute atomic E-state index is 0.0984. The SMILES string of the molecule is CCC(O)(CC)CN1C(=O)CC(Cc2cnn(C)c2)C1=O. The topological polar surface area (TPSA) is 75.4 Å². The average molecular weight is 293 g/mol. The zero-order chi connectivity index (χ0) is 15.6. The lowest BCUT2D eigenvalue weighted by atomic mass is 9.96. The Morgan fingerprint density at radius 1 is 1.38 bits per heavy atom.